The first kappa shape index (κ1) is 18.5. The maximum absolute atomic E-state index is 4.78. The van der Waals surface area contributed by atoms with E-state index in [0.29, 0.717) is 6.04 Å². The molecule has 2 atom stereocenters. The van der Waals surface area contributed by atoms with Crippen molar-refractivity contribution in [2.75, 3.05) is 19.3 Å². The molecule has 2 heterocycles. The number of aliphatic imine (C=N–C) groups is 1. The molecule has 0 radical (unpaired) electrons. The molecule has 2 aliphatic rings. The van der Waals surface area contributed by atoms with Crippen LogP contribution in [0.3, 0.4) is 0 Å². The van der Waals surface area contributed by atoms with Gasteiger partial charge in [0.05, 0.1) is 0 Å². The van der Waals surface area contributed by atoms with E-state index < -0.39 is 0 Å². The molecule has 1 aliphatic heterocycles. The molecule has 6 nitrogen and oxygen atoms in total. The first-order valence-electron chi connectivity index (χ1n) is 9.78. The van der Waals surface area contributed by atoms with Gasteiger partial charge in [0.25, 0.3) is 0 Å². The molecule has 1 saturated carbocycles. The second-order valence-electron chi connectivity index (χ2n) is 7.02. The molecule has 2 N–H and O–H groups in total. The highest BCUT2D eigenvalue weighted by molar-refractivity contribution is 7.99. The van der Waals surface area contributed by atoms with Gasteiger partial charge in [-0.1, -0.05) is 6.42 Å². The lowest BCUT2D eigenvalue weighted by molar-refractivity contribution is 0.600. The smallest absolute Gasteiger partial charge is 0.191 e. The topological polar surface area (TPSA) is 67.1 Å². The quantitative estimate of drug-likeness (QED) is 0.599. The molecule has 7 heteroatoms. The summed E-state index contributed by atoms with van der Waals surface area (Å²) in [6, 6.07) is 0.555. The number of guanidine groups is 1. The molecule has 0 spiro atoms. The van der Waals surface area contributed by atoms with Crippen molar-refractivity contribution in [3.05, 3.63) is 11.6 Å². The van der Waals surface area contributed by atoms with Crippen LogP contribution in [0, 0.1) is 0 Å². The predicted molar refractivity (Wildman–Crippen MR) is 105 cm³/mol. The maximum Gasteiger partial charge on any atom is 0.191 e. The fraction of sp³-hybridized carbons (Fsp3) is 0.833. The highest BCUT2D eigenvalue weighted by atomic mass is 32.2. The van der Waals surface area contributed by atoms with Gasteiger partial charge in [-0.2, -0.15) is 11.8 Å². The lowest BCUT2D eigenvalue weighted by atomic mass is 10.2. The summed E-state index contributed by atoms with van der Waals surface area (Å²) in [5.41, 5.74) is 0. The third-order valence-electron chi connectivity index (χ3n) is 5.19. The molecule has 140 valence electrons. The molecule has 2 unspecified atom stereocenters. The van der Waals surface area contributed by atoms with Gasteiger partial charge in [0.2, 0.25) is 0 Å². The SMILES string of the molecule is CCNC(=NCCc1nnc2n1CCCCC2)NC1CCC(SC)C1. The number of nitrogens with one attached hydrogen (secondary N) is 2. The first-order chi connectivity index (χ1) is 12.3. The fourth-order valence-corrected chi connectivity index (χ4v) is 4.59. The first-order valence-corrected chi connectivity index (χ1v) is 11.1. The van der Waals surface area contributed by atoms with Crippen molar-refractivity contribution in [3.8, 4) is 0 Å². The number of hydrogen-bond acceptors (Lipinski definition) is 4. The van der Waals surface area contributed by atoms with Gasteiger partial charge in [-0.25, -0.2) is 0 Å². The Bertz CT molecular complexity index is 570. The summed E-state index contributed by atoms with van der Waals surface area (Å²) < 4.78 is 2.32. The average Bonchev–Trinajstić information content (AvgIpc) is 3.15. The normalized spacial score (nSPS) is 24.0. The van der Waals surface area contributed by atoms with Crippen LogP contribution in [0.25, 0.3) is 0 Å². The molecule has 0 saturated heterocycles. The van der Waals surface area contributed by atoms with E-state index in [1.54, 1.807) is 0 Å². The lowest BCUT2D eigenvalue weighted by Crippen LogP contribution is -2.42. The zero-order valence-corrected chi connectivity index (χ0v) is 16.4. The summed E-state index contributed by atoms with van der Waals surface area (Å²) in [6.45, 7) is 4.84. The molecule has 0 bridgehead atoms. The molecule has 1 fully saturated rings. The number of aromatic nitrogens is 3. The van der Waals surface area contributed by atoms with Crippen LogP contribution in [0.4, 0.5) is 0 Å². The van der Waals surface area contributed by atoms with Crippen LogP contribution in [-0.4, -0.2) is 51.4 Å². The van der Waals surface area contributed by atoms with E-state index in [4.69, 9.17) is 4.99 Å². The van der Waals surface area contributed by atoms with Crippen molar-refractivity contribution < 1.29 is 0 Å². The Morgan fingerprint density at radius 1 is 1.28 bits per heavy atom. The van der Waals surface area contributed by atoms with Gasteiger partial charge in [-0.15, -0.1) is 10.2 Å². The summed E-state index contributed by atoms with van der Waals surface area (Å²) in [5.74, 6) is 3.21. The van der Waals surface area contributed by atoms with Crippen LogP contribution in [0.15, 0.2) is 4.99 Å². The fourth-order valence-electron chi connectivity index (χ4n) is 3.80. The monoisotopic (exact) mass is 364 g/mol. The number of aryl methyl sites for hydroxylation is 1. The maximum atomic E-state index is 4.78. The van der Waals surface area contributed by atoms with Crippen LogP contribution < -0.4 is 10.6 Å². The van der Waals surface area contributed by atoms with Gasteiger partial charge in [0.1, 0.15) is 11.6 Å². The van der Waals surface area contributed by atoms with Crippen molar-refractivity contribution in [1.29, 1.82) is 0 Å². The van der Waals surface area contributed by atoms with Crippen LogP contribution in [0.1, 0.15) is 57.1 Å². The Balaban J connectivity index is 1.54. The van der Waals surface area contributed by atoms with Gasteiger partial charge in [0, 0.05) is 43.8 Å². The number of nitrogens with zero attached hydrogens (tertiary/aromatic N) is 4. The number of thioether (sulfide) groups is 1. The summed E-state index contributed by atoms with van der Waals surface area (Å²) in [5, 5.41) is 16.6. The predicted octanol–water partition coefficient (Wildman–Crippen LogP) is 2.39. The van der Waals surface area contributed by atoms with E-state index in [0.717, 1.165) is 55.3 Å². The van der Waals surface area contributed by atoms with E-state index in [1.165, 1.54) is 38.5 Å². The van der Waals surface area contributed by atoms with E-state index in [2.05, 4.69) is 38.6 Å². The van der Waals surface area contributed by atoms with Gasteiger partial charge < -0.3 is 15.2 Å². The largest absolute Gasteiger partial charge is 0.357 e. The number of hydrogen-bond donors (Lipinski definition) is 2. The molecule has 1 aromatic rings. The van der Waals surface area contributed by atoms with E-state index in [9.17, 15) is 0 Å². The highest BCUT2D eigenvalue weighted by Gasteiger charge is 2.24. The van der Waals surface area contributed by atoms with Crippen LogP contribution in [0.5, 0.6) is 0 Å². The Hall–Kier alpha value is -1.24. The molecular formula is C18H32N6S. The highest BCUT2D eigenvalue weighted by Crippen LogP contribution is 2.28. The number of rotatable bonds is 6. The Labute approximate surface area is 155 Å². The van der Waals surface area contributed by atoms with E-state index >= 15 is 0 Å². The molecule has 0 amide bonds. The van der Waals surface area contributed by atoms with Crippen LogP contribution in [0.2, 0.25) is 0 Å². The summed E-state index contributed by atoms with van der Waals surface area (Å²) in [7, 11) is 0. The minimum absolute atomic E-state index is 0.555. The molecule has 25 heavy (non-hydrogen) atoms. The molecule has 0 aromatic carbocycles. The van der Waals surface area contributed by atoms with E-state index in [-0.39, 0.29) is 0 Å². The second kappa shape index (κ2) is 9.46. The molecule has 3 rings (SSSR count). The Kier molecular flexibility index (Phi) is 7.02. The second-order valence-corrected chi connectivity index (χ2v) is 8.16. The standard InChI is InChI=1S/C18H32N6S/c1-3-19-18(21-14-8-9-15(13-14)25-2)20-11-10-17-23-22-16-7-5-4-6-12-24(16)17/h14-15H,3-13H2,1-2H3,(H2,19,20,21). The summed E-state index contributed by atoms with van der Waals surface area (Å²) in [6.07, 6.45) is 11.7. The Morgan fingerprint density at radius 2 is 2.20 bits per heavy atom. The van der Waals surface area contributed by atoms with Crippen molar-refractivity contribution >= 4 is 17.7 Å². The summed E-state index contributed by atoms with van der Waals surface area (Å²) in [4.78, 5) is 4.78. The van der Waals surface area contributed by atoms with Gasteiger partial charge in [-0.3, -0.25) is 4.99 Å². The molecule has 1 aromatic heterocycles. The van der Waals surface area contributed by atoms with Crippen molar-refractivity contribution in [2.45, 2.75) is 76.1 Å². The minimum Gasteiger partial charge on any atom is -0.357 e. The third kappa shape index (κ3) is 5.12. The zero-order valence-electron chi connectivity index (χ0n) is 15.6. The summed E-state index contributed by atoms with van der Waals surface area (Å²) >= 11 is 1.99. The molecular weight excluding hydrogens is 332 g/mol. The third-order valence-corrected chi connectivity index (χ3v) is 6.29. The van der Waals surface area contributed by atoms with Crippen molar-refractivity contribution in [2.24, 2.45) is 4.99 Å². The average molecular weight is 365 g/mol. The zero-order chi connectivity index (χ0) is 17.5. The van der Waals surface area contributed by atoms with Gasteiger partial charge in [-0.05, 0) is 45.3 Å². The van der Waals surface area contributed by atoms with Crippen molar-refractivity contribution in [3.63, 3.8) is 0 Å². The Morgan fingerprint density at radius 3 is 3.00 bits per heavy atom. The van der Waals surface area contributed by atoms with Crippen molar-refractivity contribution in [1.82, 2.24) is 25.4 Å². The lowest BCUT2D eigenvalue weighted by Gasteiger charge is -2.17. The molecule has 1 aliphatic carbocycles. The van der Waals surface area contributed by atoms with Gasteiger partial charge >= 0.3 is 0 Å². The van der Waals surface area contributed by atoms with E-state index in [1.807, 2.05) is 11.8 Å². The van der Waals surface area contributed by atoms with Gasteiger partial charge in [0.15, 0.2) is 5.96 Å². The van der Waals surface area contributed by atoms with Crippen LogP contribution >= 0.6 is 11.8 Å². The number of fused-ring (bicyclic) bond motifs is 1. The minimum atomic E-state index is 0.555. The van der Waals surface area contributed by atoms with Crippen LogP contribution in [-0.2, 0) is 19.4 Å².